The number of hydrogen-bond donors (Lipinski definition) is 2. The van der Waals surface area contributed by atoms with Gasteiger partial charge in [0.15, 0.2) is 0 Å². The smallest absolute Gasteiger partial charge is 0.310 e. The fourth-order valence-electron chi connectivity index (χ4n) is 6.59. The van der Waals surface area contributed by atoms with Gasteiger partial charge >= 0.3 is 5.97 Å². The number of piperidine rings is 1. The van der Waals surface area contributed by atoms with Gasteiger partial charge in [0.2, 0.25) is 5.91 Å². The van der Waals surface area contributed by atoms with Gasteiger partial charge in [0.05, 0.1) is 30.3 Å². The minimum Gasteiger partial charge on any atom is -0.465 e. The van der Waals surface area contributed by atoms with E-state index in [9.17, 15) is 9.59 Å². The van der Waals surface area contributed by atoms with Gasteiger partial charge in [0.25, 0.3) is 0 Å². The van der Waals surface area contributed by atoms with Crippen molar-refractivity contribution in [1.29, 1.82) is 0 Å². The van der Waals surface area contributed by atoms with Crippen molar-refractivity contribution in [2.24, 2.45) is 35.0 Å². The van der Waals surface area contributed by atoms with Crippen LogP contribution in [0.25, 0.3) is 0 Å². The van der Waals surface area contributed by atoms with Gasteiger partial charge in [-0.25, -0.2) is 4.98 Å². The molecular formula is C23H30BrN3O3. The van der Waals surface area contributed by atoms with Crippen LogP contribution < -0.4 is 10.6 Å². The molecule has 2 bridgehead atoms. The fourth-order valence-corrected chi connectivity index (χ4v) is 6.83. The number of aromatic nitrogens is 1. The number of rotatable bonds is 6. The van der Waals surface area contributed by atoms with Crippen LogP contribution in [0.15, 0.2) is 22.9 Å². The van der Waals surface area contributed by atoms with E-state index in [1.165, 1.54) is 0 Å². The Bertz CT molecular complexity index is 804. The summed E-state index contributed by atoms with van der Waals surface area (Å²) in [6, 6.07) is 3.65. The number of anilines is 1. The molecule has 2 heterocycles. The number of nitrogens with zero attached hydrogens (tertiary/aromatic N) is 1. The van der Waals surface area contributed by atoms with Crippen LogP contribution in [0.2, 0.25) is 0 Å². The molecule has 1 amide bonds. The zero-order valence-electron chi connectivity index (χ0n) is 17.2. The molecule has 1 saturated heterocycles. The molecule has 162 valence electrons. The van der Waals surface area contributed by atoms with E-state index in [4.69, 9.17) is 4.74 Å². The van der Waals surface area contributed by atoms with E-state index in [1.54, 1.807) is 6.20 Å². The summed E-state index contributed by atoms with van der Waals surface area (Å²) >= 11 is 3.32. The normalized spacial score (nSPS) is 31.6. The highest BCUT2D eigenvalue weighted by Gasteiger charge is 2.71. The number of nitrogens with one attached hydrogen (secondary N) is 2. The van der Waals surface area contributed by atoms with Gasteiger partial charge in [-0.1, -0.05) is 0 Å². The first-order valence-corrected chi connectivity index (χ1v) is 12.2. The lowest BCUT2D eigenvalue weighted by molar-refractivity contribution is -0.155. The molecule has 4 fully saturated rings. The molecule has 4 atom stereocenters. The monoisotopic (exact) mass is 475 g/mol. The van der Waals surface area contributed by atoms with Crippen LogP contribution in [0, 0.1) is 35.0 Å². The molecular weight excluding hydrogens is 446 g/mol. The molecule has 0 aromatic carbocycles. The summed E-state index contributed by atoms with van der Waals surface area (Å²) in [7, 11) is 0. The predicted octanol–water partition coefficient (Wildman–Crippen LogP) is 3.77. The van der Waals surface area contributed by atoms with E-state index in [0.717, 1.165) is 62.6 Å². The van der Waals surface area contributed by atoms with Crippen LogP contribution in [0.3, 0.4) is 0 Å². The van der Waals surface area contributed by atoms with Gasteiger partial charge in [-0.05, 0) is 109 Å². The molecule has 7 heteroatoms. The second-order valence-corrected chi connectivity index (χ2v) is 10.4. The largest absolute Gasteiger partial charge is 0.465 e. The molecule has 5 rings (SSSR count). The minimum atomic E-state index is -0.289. The first-order valence-electron chi connectivity index (χ1n) is 11.4. The van der Waals surface area contributed by atoms with Crippen molar-refractivity contribution in [3.63, 3.8) is 0 Å². The van der Waals surface area contributed by atoms with Crippen molar-refractivity contribution in [2.45, 2.75) is 44.9 Å². The Kier molecular flexibility index (Phi) is 5.60. The Morgan fingerprint density at radius 2 is 1.87 bits per heavy atom. The van der Waals surface area contributed by atoms with Crippen molar-refractivity contribution in [2.75, 3.05) is 25.0 Å². The van der Waals surface area contributed by atoms with Crippen LogP contribution in [-0.4, -0.2) is 36.6 Å². The highest BCUT2D eigenvalue weighted by molar-refractivity contribution is 9.10. The zero-order chi connectivity index (χ0) is 20.7. The number of carbonyl (C=O) groups excluding carboxylic acids is 2. The van der Waals surface area contributed by atoms with Crippen LogP contribution >= 0.6 is 15.9 Å². The van der Waals surface area contributed by atoms with Gasteiger partial charge in [0.1, 0.15) is 4.60 Å². The summed E-state index contributed by atoms with van der Waals surface area (Å²) in [5.74, 6) is 0.511. The molecule has 2 unspecified atom stereocenters. The summed E-state index contributed by atoms with van der Waals surface area (Å²) in [6.07, 6.45) is 9.31. The molecule has 0 radical (unpaired) electrons. The highest BCUT2D eigenvalue weighted by atomic mass is 79.9. The molecule has 1 aromatic heterocycles. The quantitative estimate of drug-likeness (QED) is 0.483. The maximum atomic E-state index is 13.3. The number of ether oxygens (including phenoxy) is 1. The third-order valence-electron chi connectivity index (χ3n) is 8.15. The van der Waals surface area contributed by atoms with Gasteiger partial charge in [-0.15, -0.1) is 0 Å². The van der Waals surface area contributed by atoms with E-state index >= 15 is 0 Å². The lowest BCUT2D eigenvalue weighted by Gasteiger charge is -2.29. The molecule has 2 N–H and O–H groups in total. The molecule has 3 aliphatic carbocycles. The average Bonchev–Trinajstić information content (AvgIpc) is 3.42. The molecule has 4 aliphatic rings. The topological polar surface area (TPSA) is 80.3 Å². The van der Waals surface area contributed by atoms with Crippen molar-refractivity contribution in [1.82, 2.24) is 10.3 Å². The van der Waals surface area contributed by atoms with E-state index in [-0.39, 0.29) is 29.1 Å². The third kappa shape index (κ3) is 3.68. The molecule has 1 spiro atoms. The summed E-state index contributed by atoms with van der Waals surface area (Å²) in [6.45, 7) is 2.59. The van der Waals surface area contributed by atoms with Gasteiger partial charge in [-0.3, -0.25) is 9.59 Å². The Hall–Kier alpha value is -1.47. The number of esters is 1. The van der Waals surface area contributed by atoms with Gasteiger partial charge in [0, 0.05) is 0 Å². The van der Waals surface area contributed by atoms with E-state index in [1.807, 2.05) is 12.1 Å². The standard InChI is InChI=1S/C23H30BrN3O3/c24-18-4-1-15(13-26-18)27-21(28)19-16-2-3-17(23(16)8-9-23)20(19)22(29)30-12-7-14-5-10-25-11-6-14/h1,4,13-14,16-17,19-20,25H,2-3,5-12H2,(H,27,28)/t16?,17?,19-,20-/m1/s1. The first kappa shape index (κ1) is 20.4. The lowest BCUT2D eigenvalue weighted by atomic mass is 9.78. The number of halogens is 1. The molecule has 1 aliphatic heterocycles. The van der Waals surface area contributed by atoms with E-state index in [0.29, 0.717) is 30.0 Å². The van der Waals surface area contributed by atoms with Gasteiger partial charge in [-0.2, -0.15) is 0 Å². The summed E-state index contributed by atoms with van der Waals surface area (Å²) in [5.41, 5.74) is 0.896. The minimum absolute atomic E-state index is 0.0436. The van der Waals surface area contributed by atoms with Crippen molar-refractivity contribution in [3.05, 3.63) is 22.9 Å². The molecule has 3 saturated carbocycles. The predicted molar refractivity (Wildman–Crippen MR) is 117 cm³/mol. The van der Waals surface area contributed by atoms with Gasteiger partial charge < -0.3 is 15.4 Å². The zero-order valence-corrected chi connectivity index (χ0v) is 18.8. The molecule has 30 heavy (non-hydrogen) atoms. The number of pyridine rings is 1. The second-order valence-electron chi connectivity index (χ2n) is 9.58. The summed E-state index contributed by atoms with van der Waals surface area (Å²) in [5, 5.41) is 6.39. The lowest BCUT2D eigenvalue weighted by Crippen LogP contribution is -2.39. The van der Waals surface area contributed by atoms with Crippen LogP contribution in [0.1, 0.15) is 44.9 Å². The summed E-state index contributed by atoms with van der Waals surface area (Å²) < 4.78 is 6.52. The maximum absolute atomic E-state index is 13.3. The fraction of sp³-hybridized carbons (Fsp3) is 0.696. The Labute approximate surface area is 186 Å². The van der Waals surface area contributed by atoms with Crippen LogP contribution in [0.4, 0.5) is 5.69 Å². The summed E-state index contributed by atoms with van der Waals surface area (Å²) in [4.78, 5) is 30.6. The number of amides is 1. The van der Waals surface area contributed by atoms with Crippen LogP contribution in [-0.2, 0) is 14.3 Å². The maximum Gasteiger partial charge on any atom is 0.310 e. The average molecular weight is 476 g/mol. The SMILES string of the molecule is O=C(Nc1ccc(Br)nc1)[C@@H]1C2CCC([C@H]1C(=O)OCCC1CCNCC1)C21CC1. The number of carbonyl (C=O) groups is 2. The van der Waals surface area contributed by atoms with Crippen LogP contribution in [0.5, 0.6) is 0 Å². The second kappa shape index (κ2) is 8.23. The third-order valence-corrected chi connectivity index (χ3v) is 8.61. The van der Waals surface area contributed by atoms with Crippen molar-refractivity contribution in [3.8, 4) is 0 Å². The first-order chi connectivity index (χ1) is 14.6. The van der Waals surface area contributed by atoms with Crippen molar-refractivity contribution >= 4 is 33.5 Å². The van der Waals surface area contributed by atoms with E-state index < -0.39 is 0 Å². The Morgan fingerprint density at radius 3 is 2.53 bits per heavy atom. The Balaban J connectivity index is 1.26. The van der Waals surface area contributed by atoms with E-state index in [2.05, 4.69) is 31.5 Å². The van der Waals surface area contributed by atoms with Crippen molar-refractivity contribution < 1.29 is 14.3 Å². The number of hydrogen-bond acceptors (Lipinski definition) is 5. The Morgan fingerprint density at radius 1 is 1.13 bits per heavy atom. The molecule has 6 nitrogen and oxygen atoms in total. The molecule has 1 aromatic rings. The highest BCUT2D eigenvalue weighted by Crippen LogP contribution is 2.74.